The molecule has 1 fully saturated rings. The molecule has 2 atom stereocenters. The van der Waals surface area contributed by atoms with E-state index in [1.165, 1.54) is 0 Å². The van der Waals surface area contributed by atoms with Gasteiger partial charge in [-0.05, 0) is 39.5 Å². The SMILES string of the molecule is CC(C)OCCCCNC(=O)[C@@H]1CC[C@H](C(=O)O)O1. The Morgan fingerprint density at radius 2 is 2.00 bits per heavy atom. The Labute approximate surface area is 113 Å². The predicted molar refractivity (Wildman–Crippen MR) is 68.9 cm³/mol. The van der Waals surface area contributed by atoms with Gasteiger partial charge in [-0.2, -0.15) is 0 Å². The van der Waals surface area contributed by atoms with Crippen molar-refractivity contribution in [1.82, 2.24) is 5.32 Å². The van der Waals surface area contributed by atoms with E-state index in [0.29, 0.717) is 26.0 Å². The Morgan fingerprint density at radius 1 is 1.32 bits per heavy atom. The summed E-state index contributed by atoms with van der Waals surface area (Å²) in [6, 6.07) is 0. The lowest BCUT2D eigenvalue weighted by atomic mass is 10.2. The normalized spacial score (nSPS) is 22.7. The van der Waals surface area contributed by atoms with Gasteiger partial charge in [-0.25, -0.2) is 4.79 Å². The number of aliphatic carboxylic acids is 1. The zero-order valence-electron chi connectivity index (χ0n) is 11.6. The predicted octanol–water partition coefficient (Wildman–Crippen LogP) is 0.940. The summed E-state index contributed by atoms with van der Waals surface area (Å²) >= 11 is 0. The molecule has 1 amide bonds. The molecule has 0 saturated carbocycles. The van der Waals surface area contributed by atoms with Gasteiger partial charge in [-0.1, -0.05) is 0 Å². The van der Waals surface area contributed by atoms with Gasteiger partial charge in [0.15, 0.2) is 6.10 Å². The standard InChI is InChI=1S/C13H23NO5/c1-9(2)18-8-4-3-7-14-12(15)10-5-6-11(19-10)13(16)17/h9-11H,3-8H2,1-2H3,(H,14,15)(H,16,17)/t10-,11+/m0/s1. The highest BCUT2D eigenvalue weighted by atomic mass is 16.5. The molecule has 0 spiro atoms. The van der Waals surface area contributed by atoms with Gasteiger partial charge in [0.05, 0.1) is 6.10 Å². The number of carboxylic acid groups (broad SMARTS) is 1. The number of unbranched alkanes of at least 4 members (excludes halogenated alkanes) is 1. The zero-order chi connectivity index (χ0) is 14.3. The average molecular weight is 273 g/mol. The average Bonchev–Trinajstić information content (AvgIpc) is 2.82. The van der Waals surface area contributed by atoms with E-state index in [0.717, 1.165) is 12.8 Å². The van der Waals surface area contributed by atoms with Crippen LogP contribution in [0.25, 0.3) is 0 Å². The lowest BCUT2D eigenvalue weighted by Crippen LogP contribution is -2.36. The van der Waals surface area contributed by atoms with E-state index in [2.05, 4.69) is 5.32 Å². The minimum Gasteiger partial charge on any atom is -0.479 e. The van der Waals surface area contributed by atoms with Crippen LogP contribution in [0.5, 0.6) is 0 Å². The molecule has 19 heavy (non-hydrogen) atoms. The summed E-state index contributed by atoms with van der Waals surface area (Å²) in [6.07, 6.45) is 1.38. The smallest absolute Gasteiger partial charge is 0.332 e. The van der Waals surface area contributed by atoms with Gasteiger partial charge in [0.2, 0.25) is 5.91 Å². The molecule has 110 valence electrons. The topological polar surface area (TPSA) is 84.9 Å². The molecule has 0 aromatic rings. The molecule has 1 saturated heterocycles. The summed E-state index contributed by atoms with van der Waals surface area (Å²) in [6.45, 7) is 5.22. The molecule has 0 aromatic heterocycles. The summed E-state index contributed by atoms with van der Waals surface area (Å²) in [7, 11) is 0. The quantitative estimate of drug-likeness (QED) is 0.643. The van der Waals surface area contributed by atoms with E-state index in [4.69, 9.17) is 14.6 Å². The monoisotopic (exact) mass is 273 g/mol. The third-order valence-corrected chi connectivity index (χ3v) is 2.91. The molecule has 0 aliphatic carbocycles. The van der Waals surface area contributed by atoms with Crippen LogP contribution in [-0.2, 0) is 19.1 Å². The summed E-state index contributed by atoms with van der Waals surface area (Å²) in [5, 5.41) is 11.5. The molecule has 1 rings (SSSR count). The fraction of sp³-hybridized carbons (Fsp3) is 0.846. The van der Waals surface area contributed by atoms with Crippen molar-refractivity contribution in [3.05, 3.63) is 0 Å². The molecule has 6 heteroatoms. The first kappa shape index (κ1) is 15.9. The first-order valence-corrected chi connectivity index (χ1v) is 6.78. The molecular formula is C13H23NO5. The second-order valence-corrected chi connectivity index (χ2v) is 4.95. The van der Waals surface area contributed by atoms with Crippen molar-refractivity contribution in [2.75, 3.05) is 13.2 Å². The molecule has 0 bridgehead atoms. The van der Waals surface area contributed by atoms with Crippen molar-refractivity contribution >= 4 is 11.9 Å². The number of ether oxygens (including phenoxy) is 2. The number of amides is 1. The second kappa shape index (κ2) is 8.12. The molecule has 1 heterocycles. The van der Waals surface area contributed by atoms with Gasteiger partial charge < -0.3 is 19.9 Å². The van der Waals surface area contributed by atoms with Crippen LogP contribution in [0, 0.1) is 0 Å². The van der Waals surface area contributed by atoms with Crippen molar-refractivity contribution in [3.63, 3.8) is 0 Å². The molecule has 0 unspecified atom stereocenters. The van der Waals surface area contributed by atoms with Crippen LogP contribution in [-0.4, -0.2) is 48.4 Å². The van der Waals surface area contributed by atoms with Crippen LogP contribution in [0.4, 0.5) is 0 Å². The maximum Gasteiger partial charge on any atom is 0.332 e. The van der Waals surface area contributed by atoms with E-state index in [-0.39, 0.29) is 12.0 Å². The Hall–Kier alpha value is -1.14. The van der Waals surface area contributed by atoms with E-state index < -0.39 is 18.2 Å². The van der Waals surface area contributed by atoms with Gasteiger partial charge in [0, 0.05) is 13.2 Å². The fourth-order valence-electron chi connectivity index (χ4n) is 1.88. The summed E-state index contributed by atoms with van der Waals surface area (Å²) in [4.78, 5) is 22.4. The van der Waals surface area contributed by atoms with Gasteiger partial charge in [-0.3, -0.25) is 4.79 Å². The van der Waals surface area contributed by atoms with Gasteiger partial charge >= 0.3 is 5.97 Å². The number of hydrogen-bond donors (Lipinski definition) is 2. The third-order valence-electron chi connectivity index (χ3n) is 2.91. The van der Waals surface area contributed by atoms with Crippen LogP contribution >= 0.6 is 0 Å². The minimum atomic E-state index is -0.999. The Kier molecular flexibility index (Phi) is 6.80. The van der Waals surface area contributed by atoms with E-state index in [9.17, 15) is 9.59 Å². The Morgan fingerprint density at radius 3 is 2.58 bits per heavy atom. The second-order valence-electron chi connectivity index (χ2n) is 4.95. The summed E-state index contributed by atoms with van der Waals surface area (Å²) in [5.74, 6) is -1.21. The molecule has 1 aliphatic rings. The lowest BCUT2D eigenvalue weighted by Gasteiger charge is -2.12. The highest BCUT2D eigenvalue weighted by molar-refractivity contribution is 5.82. The highest BCUT2D eigenvalue weighted by Gasteiger charge is 2.34. The molecule has 6 nitrogen and oxygen atoms in total. The van der Waals surface area contributed by atoms with Crippen molar-refractivity contribution < 1.29 is 24.2 Å². The Balaban J connectivity index is 2.07. The van der Waals surface area contributed by atoms with Crippen molar-refractivity contribution in [2.45, 2.75) is 57.8 Å². The number of carboxylic acids is 1. The molecule has 0 aromatic carbocycles. The molecule has 1 aliphatic heterocycles. The number of nitrogens with one attached hydrogen (secondary N) is 1. The fourth-order valence-corrected chi connectivity index (χ4v) is 1.88. The maximum absolute atomic E-state index is 11.7. The molecule has 2 N–H and O–H groups in total. The number of hydrogen-bond acceptors (Lipinski definition) is 4. The van der Waals surface area contributed by atoms with Crippen molar-refractivity contribution in [2.24, 2.45) is 0 Å². The Bertz CT molecular complexity index is 305. The zero-order valence-corrected chi connectivity index (χ0v) is 11.6. The van der Waals surface area contributed by atoms with E-state index in [1.807, 2.05) is 13.8 Å². The molecule has 0 radical (unpaired) electrons. The van der Waals surface area contributed by atoms with Crippen LogP contribution in [0.15, 0.2) is 0 Å². The number of carbonyl (C=O) groups is 2. The first-order chi connectivity index (χ1) is 9.00. The number of carbonyl (C=O) groups excluding carboxylic acids is 1. The minimum absolute atomic E-state index is 0.214. The van der Waals surface area contributed by atoms with Crippen LogP contribution in [0.1, 0.15) is 39.5 Å². The van der Waals surface area contributed by atoms with E-state index >= 15 is 0 Å². The summed E-state index contributed by atoms with van der Waals surface area (Å²) < 4.78 is 10.5. The van der Waals surface area contributed by atoms with Crippen LogP contribution in [0.3, 0.4) is 0 Å². The van der Waals surface area contributed by atoms with E-state index in [1.54, 1.807) is 0 Å². The largest absolute Gasteiger partial charge is 0.479 e. The van der Waals surface area contributed by atoms with Gasteiger partial charge in [0.1, 0.15) is 6.10 Å². The number of rotatable bonds is 8. The van der Waals surface area contributed by atoms with Crippen molar-refractivity contribution in [3.8, 4) is 0 Å². The first-order valence-electron chi connectivity index (χ1n) is 6.78. The van der Waals surface area contributed by atoms with Crippen LogP contribution < -0.4 is 5.32 Å². The molecular weight excluding hydrogens is 250 g/mol. The highest BCUT2D eigenvalue weighted by Crippen LogP contribution is 2.19. The van der Waals surface area contributed by atoms with Crippen LogP contribution in [0.2, 0.25) is 0 Å². The van der Waals surface area contributed by atoms with Gasteiger partial charge in [0.25, 0.3) is 0 Å². The van der Waals surface area contributed by atoms with Gasteiger partial charge in [-0.15, -0.1) is 0 Å². The maximum atomic E-state index is 11.7. The third kappa shape index (κ3) is 6.02. The van der Waals surface area contributed by atoms with Crippen molar-refractivity contribution in [1.29, 1.82) is 0 Å². The lowest BCUT2D eigenvalue weighted by molar-refractivity contribution is -0.151. The summed E-state index contributed by atoms with van der Waals surface area (Å²) in [5.41, 5.74) is 0.